The zero-order valence-electron chi connectivity index (χ0n) is 46.7. The predicted molar refractivity (Wildman–Crippen MR) is 293 cm³/mol. The molecule has 0 N–H and O–H groups in total. The molecule has 0 aromatic carbocycles. The highest BCUT2D eigenvalue weighted by Gasteiger charge is 2.19. The van der Waals surface area contributed by atoms with Crippen LogP contribution in [0.25, 0.3) is 0 Å². The van der Waals surface area contributed by atoms with Gasteiger partial charge in [-0.2, -0.15) is 0 Å². The fourth-order valence-electron chi connectivity index (χ4n) is 9.58. The zero-order valence-corrected chi connectivity index (χ0v) is 46.7. The minimum atomic E-state index is -0.763. The fourth-order valence-corrected chi connectivity index (χ4v) is 9.58. The van der Waals surface area contributed by atoms with Crippen LogP contribution in [0.4, 0.5) is 0 Å². The van der Waals surface area contributed by atoms with Crippen molar-refractivity contribution in [2.45, 2.75) is 355 Å². The van der Waals surface area contributed by atoms with Gasteiger partial charge in [0.05, 0.1) is 0 Å². The summed E-state index contributed by atoms with van der Waals surface area (Å²) >= 11 is 0. The number of esters is 3. The van der Waals surface area contributed by atoms with Gasteiger partial charge in [0.15, 0.2) is 6.10 Å². The lowest BCUT2D eigenvalue weighted by Crippen LogP contribution is -2.30. The van der Waals surface area contributed by atoms with Gasteiger partial charge in [-0.1, -0.05) is 311 Å². The minimum Gasteiger partial charge on any atom is -0.462 e. The molecule has 0 saturated carbocycles. The minimum absolute atomic E-state index is 0.0621. The van der Waals surface area contributed by atoms with Crippen LogP contribution in [0.5, 0.6) is 0 Å². The van der Waals surface area contributed by atoms with Crippen molar-refractivity contribution in [1.82, 2.24) is 0 Å². The topological polar surface area (TPSA) is 78.9 Å². The molecule has 0 aliphatic rings. The van der Waals surface area contributed by atoms with Gasteiger partial charge in [-0.15, -0.1) is 0 Å². The third-order valence-electron chi connectivity index (χ3n) is 14.2. The van der Waals surface area contributed by atoms with Crippen LogP contribution < -0.4 is 0 Å². The van der Waals surface area contributed by atoms with Crippen LogP contribution in [0, 0.1) is 11.8 Å². The number of carbonyl (C=O) groups is 3. The van der Waals surface area contributed by atoms with E-state index < -0.39 is 6.10 Å². The van der Waals surface area contributed by atoms with Crippen molar-refractivity contribution in [1.29, 1.82) is 0 Å². The first-order valence-electron chi connectivity index (χ1n) is 30.7. The molecule has 0 bridgehead atoms. The SMILES string of the molecule is CCCCCCCCCCCCCCCCCCCC(=O)OC[C@@H](COC(=O)CCCCCCCCCCCCCCCC(C)C)OC(=O)CCCCCCCCCCCCCCCCC(C)C. The lowest BCUT2D eigenvalue weighted by atomic mass is 10.0. The molecule has 0 amide bonds. The predicted octanol–water partition coefficient (Wildman–Crippen LogP) is 20.4. The van der Waals surface area contributed by atoms with Crippen LogP contribution in [0.1, 0.15) is 349 Å². The van der Waals surface area contributed by atoms with Crippen molar-refractivity contribution in [2.24, 2.45) is 11.8 Å². The summed E-state index contributed by atoms with van der Waals surface area (Å²) in [7, 11) is 0. The maximum Gasteiger partial charge on any atom is 0.306 e. The Morgan fingerprint density at radius 2 is 0.485 bits per heavy atom. The Hall–Kier alpha value is -1.59. The summed E-state index contributed by atoms with van der Waals surface area (Å²) < 4.78 is 16.9. The second-order valence-electron chi connectivity index (χ2n) is 22.3. The molecule has 0 radical (unpaired) electrons. The van der Waals surface area contributed by atoms with Crippen molar-refractivity contribution in [3.63, 3.8) is 0 Å². The van der Waals surface area contributed by atoms with Crippen LogP contribution in [0.2, 0.25) is 0 Å². The van der Waals surface area contributed by atoms with E-state index in [1.165, 1.54) is 238 Å². The van der Waals surface area contributed by atoms with Gasteiger partial charge in [-0.3, -0.25) is 14.4 Å². The highest BCUT2D eigenvalue weighted by molar-refractivity contribution is 5.71. The zero-order chi connectivity index (χ0) is 49.6. The Labute approximate surface area is 425 Å². The Kier molecular flexibility index (Phi) is 53.5. The first kappa shape index (κ1) is 66.4. The Bertz CT molecular complexity index is 1040. The molecular formula is C62H120O6. The van der Waals surface area contributed by atoms with Crippen molar-refractivity contribution in [2.75, 3.05) is 13.2 Å². The maximum absolute atomic E-state index is 12.9. The van der Waals surface area contributed by atoms with Gasteiger partial charge < -0.3 is 14.2 Å². The molecular weight excluding hydrogens is 841 g/mol. The number of rotatable bonds is 56. The first-order valence-corrected chi connectivity index (χ1v) is 30.7. The molecule has 0 aliphatic carbocycles. The molecule has 0 spiro atoms. The molecule has 404 valence electrons. The van der Waals surface area contributed by atoms with Crippen LogP contribution >= 0.6 is 0 Å². The molecule has 6 nitrogen and oxygen atoms in total. The van der Waals surface area contributed by atoms with E-state index in [2.05, 4.69) is 34.6 Å². The van der Waals surface area contributed by atoms with Crippen LogP contribution in [0.3, 0.4) is 0 Å². The van der Waals surface area contributed by atoms with Crippen LogP contribution in [-0.4, -0.2) is 37.2 Å². The molecule has 0 heterocycles. The molecule has 1 atom stereocenters. The van der Waals surface area contributed by atoms with Gasteiger partial charge in [0.2, 0.25) is 0 Å². The lowest BCUT2D eigenvalue weighted by Gasteiger charge is -2.18. The van der Waals surface area contributed by atoms with Crippen molar-refractivity contribution in [3.05, 3.63) is 0 Å². The first-order chi connectivity index (χ1) is 33.2. The van der Waals surface area contributed by atoms with E-state index in [4.69, 9.17) is 14.2 Å². The summed E-state index contributed by atoms with van der Waals surface area (Å²) in [5.74, 6) is 0.849. The molecule has 0 aromatic heterocycles. The van der Waals surface area contributed by atoms with Crippen molar-refractivity contribution >= 4 is 17.9 Å². The highest BCUT2D eigenvalue weighted by atomic mass is 16.6. The highest BCUT2D eigenvalue weighted by Crippen LogP contribution is 2.19. The van der Waals surface area contributed by atoms with Gasteiger partial charge >= 0.3 is 17.9 Å². The van der Waals surface area contributed by atoms with Gasteiger partial charge in [-0.05, 0) is 31.1 Å². The largest absolute Gasteiger partial charge is 0.462 e. The number of hydrogen-bond donors (Lipinski definition) is 0. The molecule has 0 saturated heterocycles. The number of carbonyl (C=O) groups excluding carboxylic acids is 3. The Morgan fingerprint density at radius 3 is 0.721 bits per heavy atom. The summed E-state index contributed by atoms with van der Waals surface area (Å²) in [6, 6.07) is 0. The standard InChI is InChI=1S/C62H120O6/c1-6-7-8-9-10-11-12-13-14-15-16-22-27-32-37-42-47-52-60(63)66-55-59(56-67-61(64)53-48-43-38-33-28-24-19-21-26-31-36-41-46-51-58(4)5)68-62(65)54-49-44-39-34-29-23-18-17-20-25-30-35-40-45-50-57(2)3/h57-59H,6-56H2,1-5H3/t59-/m0/s1. The molecule has 0 rings (SSSR count). The van der Waals surface area contributed by atoms with Crippen LogP contribution in [0.15, 0.2) is 0 Å². The maximum atomic E-state index is 12.9. The summed E-state index contributed by atoms with van der Waals surface area (Å²) in [6.45, 7) is 11.4. The second kappa shape index (κ2) is 54.7. The molecule has 0 aromatic rings. The lowest BCUT2D eigenvalue weighted by molar-refractivity contribution is -0.167. The molecule has 0 aliphatic heterocycles. The Morgan fingerprint density at radius 1 is 0.279 bits per heavy atom. The van der Waals surface area contributed by atoms with E-state index >= 15 is 0 Å². The smallest absolute Gasteiger partial charge is 0.306 e. The van der Waals surface area contributed by atoms with E-state index in [0.29, 0.717) is 19.3 Å². The van der Waals surface area contributed by atoms with E-state index in [1.807, 2.05) is 0 Å². The van der Waals surface area contributed by atoms with Crippen molar-refractivity contribution < 1.29 is 28.6 Å². The third-order valence-corrected chi connectivity index (χ3v) is 14.2. The number of ether oxygens (including phenoxy) is 3. The average Bonchev–Trinajstić information content (AvgIpc) is 3.31. The fraction of sp³-hybridized carbons (Fsp3) is 0.952. The Balaban J connectivity index is 4.30. The van der Waals surface area contributed by atoms with Gasteiger partial charge in [0, 0.05) is 19.3 Å². The van der Waals surface area contributed by atoms with E-state index in [-0.39, 0.29) is 31.1 Å². The summed E-state index contributed by atoms with van der Waals surface area (Å²) in [4.78, 5) is 38.2. The number of unbranched alkanes of at least 4 members (excludes halogenated alkanes) is 41. The molecule has 6 heteroatoms. The van der Waals surface area contributed by atoms with E-state index in [1.54, 1.807) is 0 Å². The molecule has 0 unspecified atom stereocenters. The third kappa shape index (κ3) is 55.3. The summed E-state index contributed by atoms with van der Waals surface area (Å²) in [6.07, 6.45) is 59.5. The van der Waals surface area contributed by atoms with Crippen LogP contribution in [-0.2, 0) is 28.6 Å². The molecule has 0 fully saturated rings. The quantitative estimate of drug-likeness (QED) is 0.0343. The van der Waals surface area contributed by atoms with Gasteiger partial charge in [0.25, 0.3) is 0 Å². The number of hydrogen-bond acceptors (Lipinski definition) is 6. The van der Waals surface area contributed by atoms with Crippen molar-refractivity contribution in [3.8, 4) is 0 Å². The normalized spacial score (nSPS) is 12.0. The monoisotopic (exact) mass is 961 g/mol. The molecule has 68 heavy (non-hydrogen) atoms. The van der Waals surface area contributed by atoms with E-state index in [0.717, 1.165) is 69.6 Å². The van der Waals surface area contributed by atoms with Gasteiger partial charge in [-0.25, -0.2) is 0 Å². The second-order valence-corrected chi connectivity index (χ2v) is 22.3. The average molecular weight is 962 g/mol. The van der Waals surface area contributed by atoms with Gasteiger partial charge in [0.1, 0.15) is 13.2 Å². The summed E-state index contributed by atoms with van der Waals surface area (Å²) in [5.41, 5.74) is 0. The summed E-state index contributed by atoms with van der Waals surface area (Å²) in [5, 5.41) is 0. The van der Waals surface area contributed by atoms with E-state index in [9.17, 15) is 14.4 Å².